The normalized spacial score (nSPS) is 11.4. The number of hydrogen-bond donors (Lipinski definition) is 0. The van der Waals surface area contributed by atoms with Crippen LogP contribution in [0.2, 0.25) is 0 Å². The first-order valence-electron chi connectivity index (χ1n) is 5.97. The minimum absolute atomic E-state index is 0. The summed E-state index contributed by atoms with van der Waals surface area (Å²) in [6.07, 6.45) is 2.45. The minimum Gasteiger partial charge on any atom is -0.0776 e. The monoisotopic (exact) mass is 220 g/mol. The largest absolute Gasteiger partial charge is 0.0776 e. The Balaban J connectivity index is 0.00000225. The van der Waals surface area contributed by atoms with Crippen molar-refractivity contribution in [2.75, 3.05) is 0 Å². The Bertz CT molecular complexity index is 285. The molecule has 0 unspecified atom stereocenters. The molecule has 0 saturated heterocycles. The van der Waals surface area contributed by atoms with Crippen molar-refractivity contribution in [3.05, 3.63) is 35.4 Å². The molecule has 0 heteroatoms. The van der Waals surface area contributed by atoms with Crippen LogP contribution in [-0.2, 0) is 6.42 Å². The van der Waals surface area contributed by atoms with Gasteiger partial charge in [-0.05, 0) is 35.3 Å². The van der Waals surface area contributed by atoms with E-state index in [0.29, 0.717) is 11.3 Å². The summed E-state index contributed by atoms with van der Waals surface area (Å²) in [5.74, 6) is 0.640. The van der Waals surface area contributed by atoms with Gasteiger partial charge < -0.3 is 0 Å². The van der Waals surface area contributed by atoms with Crippen LogP contribution in [0, 0.1) is 5.41 Å². The fourth-order valence-electron chi connectivity index (χ4n) is 1.59. The van der Waals surface area contributed by atoms with E-state index in [4.69, 9.17) is 0 Å². The van der Waals surface area contributed by atoms with Gasteiger partial charge in [-0.15, -0.1) is 0 Å². The molecule has 0 bridgehead atoms. The minimum atomic E-state index is 0. The fraction of sp³-hybridized carbons (Fsp3) is 0.625. The van der Waals surface area contributed by atoms with Crippen molar-refractivity contribution in [3.8, 4) is 0 Å². The Morgan fingerprint density at radius 1 is 1.00 bits per heavy atom. The van der Waals surface area contributed by atoms with E-state index >= 15 is 0 Å². The first kappa shape index (κ1) is 15.2. The predicted molar refractivity (Wildman–Crippen MR) is 75.0 cm³/mol. The van der Waals surface area contributed by atoms with Crippen molar-refractivity contribution in [2.45, 2.75) is 60.8 Å². The second-order valence-electron chi connectivity index (χ2n) is 5.96. The van der Waals surface area contributed by atoms with E-state index in [2.05, 4.69) is 58.9 Å². The molecule has 0 spiro atoms. The van der Waals surface area contributed by atoms with Gasteiger partial charge in [-0.1, -0.05) is 66.3 Å². The summed E-state index contributed by atoms with van der Waals surface area (Å²) < 4.78 is 0. The maximum Gasteiger partial charge on any atom is -0.0219 e. The van der Waals surface area contributed by atoms with E-state index < -0.39 is 0 Å². The summed E-state index contributed by atoms with van der Waals surface area (Å²) in [6.45, 7) is 11.4. The molecule has 0 aliphatic rings. The molecule has 16 heavy (non-hydrogen) atoms. The Morgan fingerprint density at radius 3 is 1.88 bits per heavy atom. The molecule has 0 aromatic heterocycles. The summed E-state index contributed by atoms with van der Waals surface area (Å²) in [4.78, 5) is 0. The van der Waals surface area contributed by atoms with Crippen molar-refractivity contribution in [2.24, 2.45) is 5.41 Å². The third-order valence-corrected chi connectivity index (χ3v) is 2.81. The van der Waals surface area contributed by atoms with E-state index in [1.54, 1.807) is 0 Å². The van der Waals surface area contributed by atoms with E-state index in [1.165, 1.54) is 24.0 Å². The van der Waals surface area contributed by atoms with E-state index in [1.807, 2.05) is 0 Å². The summed E-state index contributed by atoms with van der Waals surface area (Å²) in [6, 6.07) is 9.09. The molecular formula is C16H28. The highest BCUT2D eigenvalue weighted by atomic mass is 14.1. The quantitative estimate of drug-likeness (QED) is 0.637. The molecule has 92 valence electrons. The van der Waals surface area contributed by atoms with Gasteiger partial charge in [-0.2, -0.15) is 0 Å². The lowest BCUT2D eigenvalue weighted by Crippen LogP contribution is -2.06. The first-order valence-corrected chi connectivity index (χ1v) is 5.97. The number of aryl methyl sites for hydroxylation is 1. The Labute approximate surface area is 102 Å². The van der Waals surface area contributed by atoms with Gasteiger partial charge in [-0.3, -0.25) is 0 Å². The van der Waals surface area contributed by atoms with Gasteiger partial charge in [-0.25, -0.2) is 0 Å². The van der Waals surface area contributed by atoms with Gasteiger partial charge in [0.15, 0.2) is 0 Å². The first-order chi connectivity index (χ1) is 6.88. The predicted octanol–water partition coefficient (Wildman–Crippen LogP) is 5.42. The van der Waals surface area contributed by atoms with Gasteiger partial charge in [0.25, 0.3) is 0 Å². The Kier molecular flexibility index (Phi) is 5.78. The van der Waals surface area contributed by atoms with Crippen LogP contribution in [0.25, 0.3) is 0 Å². The molecule has 0 aliphatic heterocycles. The van der Waals surface area contributed by atoms with Crippen molar-refractivity contribution < 1.29 is 0 Å². The van der Waals surface area contributed by atoms with Crippen LogP contribution < -0.4 is 0 Å². The maximum absolute atomic E-state index is 2.30. The SMILES string of the molecule is C.CC(C)c1ccc(CCC(C)(C)C)cc1. The summed E-state index contributed by atoms with van der Waals surface area (Å²) in [5.41, 5.74) is 3.35. The highest BCUT2D eigenvalue weighted by Gasteiger charge is 2.09. The molecule has 1 aromatic carbocycles. The van der Waals surface area contributed by atoms with Gasteiger partial charge in [0.1, 0.15) is 0 Å². The molecular weight excluding hydrogens is 192 g/mol. The average Bonchev–Trinajstić information content (AvgIpc) is 2.14. The van der Waals surface area contributed by atoms with Crippen LogP contribution in [0.5, 0.6) is 0 Å². The molecule has 1 aromatic rings. The molecule has 0 amide bonds. The lowest BCUT2D eigenvalue weighted by molar-refractivity contribution is 0.378. The fourth-order valence-corrected chi connectivity index (χ4v) is 1.59. The average molecular weight is 220 g/mol. The Morgan fingerprint density at radius 2 is 1.50 bits per heavy atom. The number of hydrogen-bond acceptors (Lipinski definition) is 0. The highest BCUT2D eigenvalue weighted by Crippen LogP contribution is 2.22. The molecule has 0 fully saturated rings. The van der Waals surface area contributed by atoms with Crippen molar-refractivity contribution in [1.82, 2.24) is 0 Å². The second kappa shape index (κ2) is 6.08. The Hall–Kier alpha value is -0.780. The third-order valence-electron chi connectivity index (χ3n) is 2.81. The zero-order valence-corrected chi connectivity index (χ0v) is 10.8. The van der Waals surface area contributed by atoms with E-state index in [-0.39, 0.29) is 7.43 Å². The summed E-state index contributed by atoms with van der Waals surface area (Å²) in [7, 11) is 0. The lowest BCUT2D eigenvalue weighted by Gasteiger charge is -2.17. The van der Waals surface area contributed by atoms with Crippen molar-refractivity contribution in [3.63, 3.8) is 0 Å². The van der Waals surface area contributed by atoms with E-state index in [9.17, 15) is 0 Å². The third kappa shape index (κ3) is 5.34. The molecule has 1 rings (SSSR count). The van der Waals surface area contributed by atoms with Crippen LogP contribution in [0.15, 0.2) is 24.3 Å². The topological polar surface area (TPSA) is 0 Å². The van der Waals surface area contributed by atoms with Crippen molar-refractivity contribution >= 4 is 0 Å². The standard InChI is InChI=1S/C15H24.CH4/c1-12(2)14-8-6-13(7-9-14)10-11-15(3,4)5;/h6-9,12H,10-11H2,1-5H3;1H4. The maximum atomic E-state index is 2.30. The van der Waals surface area contributed by atoms with Gasteiger partial charge in [0, 0.05) is 0 Å². The zero-order chi connectivity index (χ0) is 11.5. The van der Waals surface area contributed by atoms with Crippen LogP contribution in [0.4, 0.5) is 0 Å². The zero-order valence-electron chi connectivity index (χ0n) is 10.8. The summed E-state index contributed by atoms with van der Waals surface area (Å²) >= 11 is 0. The molecule has 0 radical (unpaired) electrons. The van der Waals surface area contributed by atoms with Crippen LogP contribution >= 0.6 is 0 Å². The van der Waals surface area contributed by atoms with Crippen LogP contribution in [0.3, 0.4) is 0 Å². The number of rotatable bonds is 3. The second-order valence-corrected chi connectivity index (χ2v) is 5.96. The molecule has 0 heterocycles. The van der Waals surface area contributed by atoms with Crippen LogP contribution in [-0.4, -0.2) is 0 Å². The van der Waals surface area contributed by atoms with E-state index in [0.717, 1.165) is 0 Å². The van der Waals surface area contributed by atoms with Gasteiger partial charge >= 0.3 is 0 Å². The van der Waals surface area contributed by atoms with Crippen molar-refractivity contribution in [1.29, 1.82) is 0 Å². The lowest BCUT2D eigenvalue weighted by atomic mass is 9.88. The van der Waals surface area contributed by atoms with Crippen LogP contribution in [0.1, 0.15) is 65.5 Å². The number of benzene rings is 1. The highest BCUT2D eigenvalue weighted by molar-refractivity contribution is 5.24. The molecule has 0 nitrogen and oxygen atoms in total. The molecule has 0 aliphatic carbocycles. The molecule has 0 saturated carbocycles. The summed E-state index contributed by atoms with van der Waals surface area (Å²) in [5, 5.41) is 0. The van der Waals surface area contributed by atoms with Gasteiger partial charge in [0.2, 0.25) is 0 Å². The molecule has 0 atom stereocenters. The van der Waals surface area contributed by atoms with Gasteiger partial charge in [0.05, 0.1) is 0 Å². The molecule has 0 N–H and O–H groups in total. The smallest absolute Gasteiger partial charge is 0.0219 e.